The van der Waals surface area contributed by atoms with Gasteiger partial charge in [-0.2, -0.15) is 0 Å². The number of aliphatic hydroxyl groups is 1. The van der Waals surface area contributed by atoms with Gasteiger partial charge < -0.3 is 15.0 Å². The fourth-order valence-electron chi connectivity index (χ4n) is 3.83. The summed E-state index contributed by atoms with van der Waals surface area (Å²) in [7, 11) is 3.17. The zero-order valence-electron chi connectivity index (χ0n) is 18.4. The minimum absolute atomic E-state index is 0.254. The molecule has 9 heteroatoms. The molecule has 2 N–H and O–H groups in total. The molecule has 1 amide bonds. The van der Waals surface area contributed by atoms with Crippen LogP contribution in [-0.4, -0.2) is 29.7 Å². The minimum atomic E-state index is -0.606. The average Bonchev–Trinajstić information content (AvgIpc) is 3.21. The molecule has 2 aromatic heterocycles. The molecule has 4 aromatic rings. The second kappa shape index (κ2) is 9.25. The number of fused-ring (bicyclic) bond motifs is 1. The summed E-state index contributed by atoms with van der Waals surface area (Å²) in [5, 5.41) is 13.1. The van der Waals surface area contributed by atoms with Crippen LogP contribution >= 0.6 is 0 Å². The van der Waals surface area contributed by atoms with Gasteiger partial charge in [0, 0.05) is 19.8 Å². The monoisotopic (exact) mass is 447 g/mol. The number of carbonyl (C=O) groups excluding carboxylic acids is 1. The highest BCUT2D eigenvalue weighted by Gasteiger charge is 2.17. The molecule has 0 aliphatic rings. The van der Waals surface area contributed by atoms with E-state index in [2.05, 4.69) is 10.3 Å². The van der Waals surface area contributed by atoms with Crippen molar-refractivity contribution in [2.75, 3.05) is 5.32 Å². The molecule has 2 aromatic carbocycles. The van der Waals surface area contributed by atoms with E-state index in [0.29, 0.717) is 18.5 Å². The molecule has 0 unspecified atom stereocenters. The summed E-state index contributed by atoms with van der Waals surface area (Å²) in [6, 6.07) is 16.7. The van der Waals surface area contributed by atoms with Crippen molar-refractivity contribution >= 4 is 22.8 Å². The van der Waals surface area contributed by atoms with Gasteiger partial charge in [-0.25, -0.2) is 14.3 Å². The van der Waals surface area contributed by atoms with Crippen molar-refractivity contribution in [3.05, 3.63) is 92.9 Å². The van der Waals surface area contributed by atoms with Crippen LogP contribution in [0.4, 0.5) is 5.69 Å². The number of anilines is 1. The Labute approximate surface area is 189 Å². The smallest absolute Gasteiger partial charge is 0.332 e. The Kier molecular flexibility index (Phi) is 6.23. The van der Waals surface area contributed by atoms with Crippen molar-refractivity contribution < 1.29 is 9.90 Å². The van der Waals surface area contributed by atoms with Gasteiger partial charge in [-0.05, 0) is 36.1 Å². The van der Waals surface area contributed by atoms with Crippen LogP contribution in [0.15, 0.2) is 70.5 Å². The lowest BCUT2D eigenvalue weighted by Crippen LogP contribution is -2.42. The van der Waals surface area contributed by atoms with Gasteiger partial charge in [0.25, 0.3) is 5.56 Å². The van der Waals surface area contributed by atoms with E-state index >= 15 is 0 Å². The minimum Gasteiger partial charge on any atom is -0.388 e. The van der Waals surface area contributed by atoms with E-state index in [1.54, 1.807) is 13.1 Å². The van der Waals surface area contributed by atoms with E-state index < -0.39 is 29.8 Å². The van der Waals surface area contributed by atoms with Crippen molar-refractivity contribution in [1.29, 1.82) is 0 Å². The lowest BCUT2D eigenvalue weighted by molar-refractivity contribution is -0.116. The van der Waals surface area contributed by atoms with Gasteiger partial charge in [-0.1, -0.05) is 42.5 Å². The fourth-order valence-corrected chi connectivity index (χ4v) is 3.83. The van der Waals surface area contributed by atoms with Crippen molar-refractivity contribution in [3.63, 3.8) is 0 Å². The standard InChI is InChI=1S/C24H25N5O4/c1-27-15-25-22-21(27)23(32)29(24(33)28(22)2)14-20(31)26-18-10-6-7-16(13-18)11-12-19(30)17-8-4-3-5-9-17/h3-10,13,15,19,30H,11-12,14H2,1-2H3,(H,26,31)/t19-/m1/s1. The first-order valence-electron chi connectivity index (χ1n) is 10.6. The third kappa shape index (κ3) is 4.63. The lowest BCUT2D eigenvalue weighted by atomic mass is 10.0. The number of hydrogen-bond acceptors (Lipinski definition) is 5. The van der Waals surface area contributed by atoms with Gasteiger partial charge >= 0.3 is 5.69 Å². The van der Waals surface area contributed by atoms with Crippen molar-refractivity contribution in [1.82, 2.24) is 18.7 Å². The molecular weight excluding hydrogens is 422 g/mol. The highest BCUT2D eigenvalue weighted by atomic mass is 16.3. The van der Waals surface area contributed by atoms with Crippen molar-refractivity contribution in [2.24, 2.45) is 14.1 Å². The lowest BCUT2D eigenvalue weighted by Gasteiger charge is -2.12. The van der Waals surface area contributed by atoms with Crippen LogP contribution in [0.3, 0.4) is 0 Å². The summed E-state index contributed by atoms with van der Waals surface area (Å²) in [6.07, 6.45) is 2.04. The Morgan fingerprint density at radius 1 is 1.09 bits per heavy atom. The number of nitrogens with zero attached hydrogens (tertiary/aromatic N) is 4. The zero-order valence-corrected chi connectivity index (χ0v) is 18.4. The Hall–Kier alpha value is -3.98. The molecule has 0 saturated heterocycles. The number of rotatable bonds is 7. The Bertz CT molecular complexity index is 1420. The van der Waals surface area contributed by atoms with Crippen LogP contribution in [0, 0.1) is 0 Å². The summed E-state index contributed by atoms with van der Waals surface area (Å²) < 4.78 is 3.68. The van der Waals surface area contributed by atoms with E-state index in [9.17, 15) is 19.5 Å². The number of aliphatic hydroxyl groups excluding tert-OH is 1. The predicted octanol–water partition coefficient (Wildman–Crippen LogP) is 1.74. The number of benzene rings is 2. The number of aromatic nitrogens is 4. The molecule has 0 spiro atoms. The van der Waals surface area contributed by atoms with Crippen LogP contribution in [-0.2, 0) is 31.9 Å². The summed E-state index contributed by atoms with van der Waals surface area (Å²) in [5.41, 5.74) is 1.72. The largest absolute Gasteiger partial charge is 0.388 e. The molecule has 0 saturated carbocycles. The Morgan fingerprint density at radius 3 is 2.61 bits per heavy atom. The maximum atomic E-state index is 12.8. The van der Waals surface area contributed by atoms with Gasteiger partial charge in [0.05, 0.1) is 12.4 Å². The van der Waals surface area contributed by atoms with Crippen LogP contribution in [0.1, 0.15) is 23.7 Å². The van der Waals surface area contributed by atoms with Crippen molar-refractivity contribution in [2.45, 2.75) is 25.5 Å². The van der Waals surface area contributed by atoms with Crippen LogP contribution < -0.4 is 16.6 Å². The SMILES string of the molecule is Cn1cnc2c1c(=O)n(CC(=O)Nc1cccc(CC[C@@H](O)c3ccccc3)c1)c(=O)n2C. The van der Waals surface area contributed by atoms with Crippen LogP contribution in [0.25, 0.3) is 11.2 Å². The van der Waals surface area contributed by atoms with Gasteiger partial charge in [0.1, 0.15) is 6.54 Å². The second-order valence-corrected chi connectivity index (χ2v) is 7.97. The van der Waals surface area contributed by atoms with Gasteiger partial charge in [-0.3, -0.25) is 14.2 Å². The summed E-state index contributed by atoms with van der Waals surface area (Å²) in [6.45, 7) is -0.413. The van der Waals surface area contributed by atoms with E-state index in [1.807, 2.05) is 48.5 Å². The third-order valence-electron chi connectivity index (χ3n) is 5.60. The number of carbonyl (C=O) groups is 1. The second-order valence-electron chi connectivity index (χ2n) is 7.97. The fraction of sp³-hybridized carbons (Fsp3) is 0.250. The third-order valence-corrected chi connectivity index (χ3v) is 5.60. The first-order valence-corrected chi connectivity index (χ1v) is 10.6. The number of amides is 1. The average molecular weight is 447 g/mol. The highest BCUT2D eigenvalue weighted by molar-refractivity contribution is 5.90. The molecule has 2 heterocycles. The molecule has 1 atom stereocenters. The van der Waals surface area contributed by atoms with Gasteiger partial charge in [0.15, 0.2) is 11.2 Å². The molecule has 0 fully saturated rings. The van der Waals surface area contributed by atoms with E-state index in [0.717, 1.165) is 15.7 Å². The molecule has 33 heavy (non-hydrogen) atoms. The molecule has 4 rings (SSSR count). The van der Waals surface area contributed by atoms with E-state index in [1.165, 1.54) is 22.5 Å². The molecule has 0 bridgehead atoms. The molecule has 0 aliphatic carbocycles. The van der Waals surface area contributed by atoms with Gasteiger partial charge in [0.2, 0.25) is 5.91 Å². The predicted molar refractivity (Wildman–Crippen MR) is 125 cm³/mol. The van der Waals surface area contributed by atoms with Crippen LogP contribution in [0.2, 0.25) is 0 Å². The first-order chi connectivity index (χ1) is 15.8. The number of aryl methyl sites for hydroxylation is 3. The Morgan fingerprint density at radius 2 is 1.85 bits per heavy atom. The quantitative estimate of drug-likeness (QED) is 0.448. The number of hydrogen-bond donors (Lipinski definition) is 2. The molecule has 0 aliphatic heterocycles. The number of nitrogens with one attached hydrogen (secondary N) is 1. The normalized spacial score (nSPS) is 12.1. The Balaban J connectivity index is 1.46. The molecular formula is C24H25N5O4. The van der Waals surface area contributed by atoms with E-state index in [4.69, 9.17) is 0 Å². The maximum absolute atomic E-state index is 12.8. The van der Waals surface area contributed by atoms with E-state index in [-0.39, 0.29) is 11.2 Å². The van der Waals surface area contributed by atoms with Gasteiger partial charge in [-0.15, -0.1) is 0 Å². The summed E-state index contributed by atoms with van der Waals surface area (Å²) >= 11 is 0. The molecule has 0 radical (unpaired) electrons. The molecule has 170 valence electrons. The first kappa shape index (κ1) is 22.2. The van der Waals surface area contributed by atoms with Crippen molar-refractivity contribution in [3.8, 4) is 0 Å². The maximum Gasteiger partial charge on any atom is 0.332 e. The highest BCUT2D eigenvalue weighted by Crippen LogP contribution is 2.20. The molecule has 9 nitrogen and oxygen atoms in total. The summed E-state index contributed by atoms with van der Waals surface area (Å²) in [5.74, 6) is -0.489. The zero-order chi connectivity index (χ0) is 23.5. The van der Waals surface area contributed by atoms with Crippen LogP contribution in [0.5, 0.6) is 0 Å². The summed E-state index contributed by atoms with van der Waals surface area (Å²) in [4.78, 5) is 42.1. The topological polar surface area (TPSA) is 111 Å². The number of imidazole rings is 1.